The first-order valence-electron chi connectivity index (χ1n) is 9.26. The van der Waals surface area contributed by atoms with Gasteiger partial charge in [0.15, 0.2) is 11.5 Å². The number of rotatable bonds is 6. The van der Waals surface area contributed by atoms with Crippen LogP contribution in [0.1, 0.15) is 36.0 Å². The Morgan fingerprint density at radius 2 is 2.11 bits per heavy atom. The first-order chi connectivity index (χ1) is 13.2. The zero-order valence-corrected chi connectivity index (χ0v) is 15.2. The summed E-state index contributed by atoms with van der Waals surface area (Å²) in [4.78, 5) is 16.9. The lowest BCUT2D eigenvalue weighted by Gasteiger charge is -2.11. The van der Waals surface area contributed by atoms with Crippen molar-refractivity contribution in [2.75, 3.05) is 18.5 Å². The van der Waals surface area contributed by atoms with Gasteiger partial charge in [0.05, 0.1) is 6.10 Å². The van der Waals surface area contributed by atoms with E-state index in [0.717, 1.165) is 42.7 Å². The molecule has 0 radical (unpaired) electrons. The number of amides is 1. The quantitative estimate of drug-likeness (QED) is 0.708. The van der Waals surface area contributed by atoms with Crippen molar-refractivity contribution < 1.29 is 18.7 Å². The summed E-state index contributed by atoms with van der Waals surface area (Å²) in [5.74, 6) is 1.24. The molecule has 1 aromatic heterocycles. The molecular weight excluding hydrogens is 344 g/mol. The molecule has 4 rings (SSSR count). The highest BCUT2D eigenvalue weighted by Gasteiger charge is 2.16. The molecule has 27 heavy (non-hydrogen) atoms. The molecule has 1 atom stereocenters. The molecule has 1 aliphatic heterocycles. The van der Waals surface area contributed by atoms with Crippen LogP contribution in [-0.4, -0.2) is 30.2 Å². The summed E-state index contributed by atoms with van der Waals surface area (Å²) >= 11 is 0. The summed E-state index contributed by atoms with van der Waals surface area (Å²) in [7, 11) is 0. The van der Waals surface area contributed by atoms with E-state index in [1.54, 1.807) is 24.3 Å². The van der Waals surface area contributed by atoms with Crippen LogP contribution in [0.15, 0.2) is 46.9 Å². The molecule has 0 saturated carbocycles. The maximum atomic E-state index is 12.5. The van der Waals surface area contributed by atoms with Crippen molar-refractivity contribution in [2.45, 2.75) is 32.3 Å². The molecule has 1 saturated heterocycles. The van der Waals surface area contributed by atoms with Gasteiger partial charge in [0.2, 0.25) is 0 Å². The number of ether oxygens (including phenoxy) is 2. The zero-order chi connectivity index (χ0) is 18.6. The van der Waals surface area contributed by atoms with Gasteiger partial charge in [0, 0.05) is 24.3 Å². The number of hydrogen-bond acceptors (Lipinski definition) is 5. The number of aromatic nitrogens is 1. The Labute approximate surface area is 157 Å². The minimum Gasteiger partial charge on any atom is -0.491 e. The minimum absolute atomic E-state index is 0.174. The molecule has 3 aromatic rings. The normalized spacial score (nSPS) is 16.6. The van der Waals surface area contributed by atoms with Gasteiger partial charge in [-0.15, -0.1) is 0 Å². The molecule has 6 heteroatoms. The van der Waals surface area contributed by atoms with Gasteiger partial charge in [-0.3, -0.25) is 4.79 Å². The average molecular weight is 366 g/mol. The van der Waals surface area contributed by atoms with Gasteiger partial charge in [0.25, 0.3) is 5.91 Å². The van der Waals surface area contributed by atoms with Crippen LogP contribution in [0.5, 0.6) is 5.75 Å². The lowest BCUT2D eigenvalue weighted by atomic mass is 10.2. The maximum absolute atomic E-state index is 12.5. The van der Waals surface area contributed by atoms with E-state index in [2.05, 4.69) is 10.3 Å². The van der Waals surface area contributed by atoms with Gasteiger partial charge in [0.1, 0.15) is 17.9 Å². The van der Waals surface area contributed by atoms with Crippen LogP contribution in [0.2, 0.25) is 0 Å². The summed E-state index contributed by atoms with van der Waals surface area (Å²) in [5.41, 5.74) is 2.70. The molecular formula is C21H22N2O4. The lowest BCUT2D eigenvalue weighted by Crippen LogP contribution is -2.16. The average Bonchev–Trinajstić information content (AvgIpc) is 3.35. The second-order valence-corrected chi connectivity index (χ2v) is 6.57. The van der Waals surface area contributed by atoms with E-state index in [1.165, 1.54) is 0 Å². The van der Waals surface area contributed by atoms with E-state index in [-0.39, 0.29) is 12.0 Å². The second-order valence-electron chi connectivity index (χ2n) is 6.57. The summed E-state index contributed by atoms with van der Waals surface area (Å²) in [6, 6.07) is 12.6. The van der Waals surface area contributed by atoms with Gasteiger partial charge < -0.3 is 19.2 Å². The van der Waals surface area contributed by atoms with Crippen LogP contribution in [0.25, 0.3) is 11.1 Å². The molecule has 1 fully saturated rings. The van der Waals surface area contributed by atoms with Crippen LogP contribution in [0.3, 0.4) is 0 Å². The summed E-state index contributed by atoms with van der Waals surface area (Å²) in [6.07, 6.45) is 3.04. The monoisotopic (exact) mass is 366 g/mol. The molecule has 2 aromatic carbocycles. The van der Waals surface area contributed by atoms with E-state index in [4.69, 9.17) is 13.9 Å². The van der Waals surface area contributed by atoms with Gasteiger partial charge in [-0.1, -0.05) is 6.92 Å². The molecule has 0 spiro atoms. The van der Waals surface area contributed by atoms with E-state index >= 15 is 0 Å². The lowest BCUT2D eigenvalue weighted by molar-refractivity contribution is 0.0679. The topological polar surface area (TPSA) is 73.6 Å². The molecule has 0 bridgehead atoms. The first kappa shape index (κ1) is 17.5. The predicted molar refractivity (Wildman–Crippen MR) is 102 cm³/mol. The fourth-order valence-corrected chi connectivity index (χ4v) is 3.07. The van der Waals surface area contributed by atoms with Gasteiger partial charge in [-0.25, -0.2) is 4.98 Å². The summed E-state index contributed by atoms with van der Waals surface area (Å²) in [5, 5.41) is 2.89. The van der Waals surface area contributed by atoms with Crippen LogP contribution in [0, 0.1) is 0 Å². The SMILES string of the molecule is CCc1nc2cc(NC(=O)c3ccc(OCC4CCCO4)cc3)ccc2o1. The third-order valence-electron chi connectivity index (χ3n) is 4.57. The van der Waals surface area contributed by atoms with Crippen molar-refractivity contribution >= 4 is 22.7 Å². The highest BCUT2D eigenvalue weighted by molar-refractivity contribution is 6.04. The van der Waals surface area contributed by atoms with Crippen molar-refractivity contribution in [3.05, 3.63) is 53.9 Å². The Bertz CT molecular complexity index is 927. The molecule has 1 aliphatic rings. The summed E-state index contributed by atoms with van der Waals surface area (Å²) < 4.78 is 16.9. The fraction of sp³-hybridized carbons (Fsp3) is 0.333. The number of oxazole rings is 1. The Hall–Kier alpha value is -2.86. The largest absolute Gasteiger partial charge is 0.491 e. The number of nitrogens with zero attached hydrogens (tertiary/aromatic N) is 1. The number of nitrogens with one attached hydrogen (secondary N) is 1. The fourth-order valence-electron chi connectivity index (χ4n) is 3.07. The number of benzene rings is 2. The Kier molecular flexibility index (Phi) is 5.07. The molecule has 1 amide bonds. The van der Waals surface area contributed by atoms with Crippen molar-refractivity contribution in [3.8, 4) is 5.75 Å². The number of fused-ring (bicyclic) bond motifs is 1. The van der Waals surface area contributed by atoms with Gasteiger partial charge in [-0.05, 0) is 55.3 Å². The number of carbonyl (C=O) groups is 1. The van der Waals surface area contributed by atoms with Crippen LogP contribution >= 0.6 is 0 Å². The third-order valence-corrected chi connectivity index (χ3v) is 4.57. The maximum Gasteiger partial charge on any atom is 0.255 e. The van der Waals surface area contributed by atoms with E-state index in [9.17, 15) is 4.79 Å². The number of anilines is 1. The minimum atomic E-state index is -0.181. The molecule has 1 unspecified atom stereocenters. The van der Waals surface area contributed by atoms with Crippen molar-refractivity contribution in [2.24, 2.45) is 0 Å². The van der Waals surface area contributed by atoms with Crippen LogP contribution in [-0.2, 0) is 11.2 Å². The molecule has 6 nitrogen and oxygen atoms in total. The number of carbonyl (C=O) groups excluding carboxylic acids is 1. The Morgan fingerprint density at radius 3 is 2.85 bits per heavy atom. The second kappa shape index (κ2) is 7.80. The smallest absolute Gasteiger partial charge is 0.255 e. The Balaban J connectivity index is 1.38. The zero-order valence-electron chi connectivity index (χ0n) is 15.2. The van der Waals surface area contributed by atoms with Crippen LogP contribution < -0.4 is 10.1 Å². The summed E-state index contributed by atoms with van der Waals surface area (Å²) in [6.45, 7) is 3.34. The van der Waals surface area contributed by atoms with Crippen molar-refractivity contribution in [3.63, 3.8) is 0 Å². The molecule has 1 N–H and O–H groups in total. The van der Waals surface area contributed by atoms with Crippen LogP contribution in [0.4, 0.5) is 5.69 Å². The highest BCUT2D eigenvalue weighted by atomic mass is 16.5. The van der Waals surface area contributed by atoms with Crippen molar-refractivity contribution in [1.29, 1.82) is 0 Å². The predicted octanol–water partition coefficient (Wildman–Crippen LogP) is 4.20. The molecule has 140 valence electrons. The van der Waals surface area contributed by atoms with Crippen molar-refractivity contribution in [1.82, 2.24) is 4.98 Å². The number of hydrogen-bond donors (Lipinski definition) is 1. The highest BCUT2D eigenvalue weighted by Crippen LogP contribution is 2.21. The third kappa shape index (κ3) is 4.11. The van der Waals surface area contributed by atoms with E-state index in [0.29, 0.717) is 23.7 Å². The molecule has 0 aliphatic carbocycles. The van der Waals surface area contributed by atoms with E-state index < -0.39 is 0 Å². The molecule has 2 heterocycles. The van der Waals surface area contributed by atoms with Gasteiger partial charge >= 0.3 is 0 Å². The first-order valence-corrected chi connectivity index (χ1v) is 9.26. The standard InChI is InChI=1S/C21H22N2O4/c1-2-20-23-18-12-15(7-10-19(18)27-20)22-21(24)14-5-8-16(9-6-14)26-13-17-4-3-11-25-17/h5-10,12,17H,2-4,11,13H2,1H3,(H,22,24). The van der Waals surface area contributed by atoms with E-state index in [1.807, 2.05) is 25.1 Å². The Morgan fingerprint density at radius 1 is 1.26 bits per heavy atom. The van der Waals surface area contributed by atoms with Gasteiger partial charge in [-0.2, -0.15) is 0 Å². The number of aryl methyl sites for hydroxylation is 1.